The zero-order valence-corrected chi connectivity index (χ0v) is 12.5. The summed E-state index contributed by atoms with van der Waals surface area (Å²) >= 11 is 0. The third-order valence-electron chi connectivity index (χ3n) is 3.40. The van der Waals surface area contributed by atoms with E-state index < -0.39 is 10.0 Å². The Morgan fingerprint density at radius 3 is 2.79 bits per heavy atom. The molecule has 1 aromatic rings. The highest BCUT2D eigenvalue weighted by atomic mass is 32.2. The molecule has 5 heteroatoms. The standard InChI is InChI=1S/C14H21NO3S/c1-4-7-19(16,17)15-10-11(2)8-12-9-13(18-3)5-6-14(12)15/h5-6,9,11H,4,7-8,10H2,1-3H3. The molecule has 19 heavy (non-hydrogen) atoms. The van der Waals surface area contributed by atoms with Crippen molar-refractivity contribution in [1.82, 2.24) is 0 Å². The van der Waals surface area contributed by atoms with Gasteiger partial charge in [0.25, 0.3) is 0 Å². The van der Waals surface area contributed by atoms with Crippen LogP contribution in [-0.4, -0.2) is 27.8 Å². The fraction of sp³-hybridized carbons (Fsp3) is 0.571. The van der Waals surface area contributed by atoms with Gasteiger partial charge in [-0.25, -0.2) is 8.42 Å². The molecule has 1 heterocycles. The van der Waals surface area contributed by atoms with Crippen molar-refractivity contribution < 1.29 is 13.2 Å². The number of anilines is 1. The Labute approximate surface area is 115 Å². The van der Waals surface area contributed by atoms with E-state index in [9.17, 15) is 8.42 Å². The molecule has 0 N–H and O–H groups in total. The molecule has 1 atom stereocenters. The van der Waals surface area contributed by atoms with Crippen molar-refractivity contribution in [1.29, 1.82) is 0 Å². The maximum atomic E-state index is 12.3. The van der Waals surface area contributed by atoms with Gasteiger partial charge in [-0.1, -0.05) is 13.8 Å². The van der Waals surface area contributed by atoms with Crippen molar-refractivity contribution in [3.05, 3.63) is 23.8 Å². The first kappa shape index (κ1) is 14.2. The van der Waals surface area contributed by atoms with Crippen LogP contribution < -0.4 is 9.04 Å². The molecule has 0 aliphatic carbocycles. The quantitative estimate of drug-likeness (QED) is 0.852. The number of hydrogen-bond acceptors (Lipinski definition) is 3. The number of fused-ring (bicyclic) bond motifs is 1. The van der Waals surface area contributed by atoms with Crippen LogP contribution in [0.15, 0.2) is 18.2 Å². The lowest BCUT2D eigenvalue weighted by molar-refractivity contribution is 0.413. The Morgan fingerprint density at radius 1 is 1.42 bits per heavy atom. The minimum atomic E-state index is -3.21. The van der Waals surface area contributed by atoms with E-state index in [2.05, 4.69) is 6.92 Å². The number of methoxy groups -OCH3 is 1. The lowest BCUT2D eigenvalue weighted by atomic mass is 9.95. The molecular weight excluding hydrogens is 262 g/mol. The van der Waals surface area contributed by atoms with Crippen molar-refractivity contribution in [3.8, 4) is 5.75 Å². The Morgan fingerprint density at radius 2 is 2.16 bits per heavy atom. The van der Waals surface area contributed by atoms with Gasteiger partial charge in [-0.05, 0) is 42.5 Å². The monoisotopic (exact) mass is 283 g/mol. The molecule has 0 bridgehead atoms. The summed E-state index contributed by atoms with van der Waals surface area (Å²) in [5, 5.41) is 0. The summed E-state index contributed by atoms with van der Waals surface area (Å²) in [6.45, 7) is 4.54. The van der Waals surface area contributed by atoms with Gasteiger partial charge in [0.15, 0.2) is 0 Å². The average Bonchev–Trinajstić information content (AvgIpc) is 2.36. The molecule has 1 unspecified atom stereocenters. The predicted octanol–water partition coefficient (Wildman–Crippen LogP) is 2.43. The van der Waals surface area contributed by atoms with Gasteiger partial charge in [0, 0.05) is 6.54 Å². The van der Waals surface area contributed by atoms with Crippen molar-refractivity contribution in [3.63, 3.8) is 0 Å². The first-order valence-corrected chi connectivity index (χ1v) is 8.26. The molecule has 1 aliphatic heterocycles. The van der Waals surface area contributed by atoms with Gasteiger partial charge in [-0.2, -0.15) is 0 Å². The largest absolute Gasteiger partial charge is 0.497 e. The third-order valence-corrected chi connectivity index (χ3v) is 5.34. The predicted molar refractivity (Wildman–Crippen MR) is 77.3 cm³/mol. The van der Waals surface area contributed by atoms with E-state index in [-0.39, 0.29) is 5.75 Å². The Balaban J connectivity index is 2.45. The number of benzene rings is 1. The fourth-order valence-electron chi connectivity index (χ4n) is 2.55. The minimum Gasteiger partial charge on any atom is -0.497 e. The van der Waals surface area contributed by atoms with Crippen molar-refractivity contribution >= 4 is 15.7 Å². The molecule has 0 fully saturated rings. The highest BCUT2D eigenvalue weighted by molar-refractivity contribution is 7.92. The number of ether oxygens (including phenoxy) is 1. The average molecular weight is 283 g/mol. The Hall–Kier alpha value is -1.23. The first-order chi connectivity index (χ1) is 8.97. The highest BCUT2D eigenvalue weighted by Gasteiger charge is 2.30. The Kier molecular flexibility index (Phi) is 4.04. The van der Waals surface area contributed by atoms with Crippen LogP contribution in [0.3, 0.4) is 0 Å². The van der Waals surface area contributed by atoms with E-state index in [1.165, 1.54) is 0 Å². The van der Waals surface area contributed by atoms with Crippen molar-refractivity contribution in [2.75, 3.05) is 23.7 Å². The van der Waals surface area contributed by atoms with Gasteiger partial charge < -0.3 is 4.74 Å². The molecule has 2 rings (SSSR count). The van der Waals surface area contributed by atoms with Crippen LogP contribution in [0.4, 0.5) is 5.69 Å². The van der Waals surface area contributed by atoms with Gasteiger partial charge in [-0.3, -0.25) is 4.31 Å². The van der Waals surface area contributed by atoms with Gasteiger partial charge in [0.05, 0.1) is 18.6 Å². The smallest absolute Gasteiger partial charge is 0.235 e. The molecule has 4 nitrogen and oxygen atoms in total. The van der Waals surface area contributed by atoms with E-state index in [0.29, 0.717) is 18.9 Å². The van der Waals surface area contributed by atoms with Crippen LogP contribution in [0.5, 0.6) is 5.75 Å². The minimum absolute atomic E-state index is 0.200. The molecule has 106 valence electrons. The number of sulfonamides is 1. The van der Waals surface area contributed by atoms with E-state index in [4.69, 9.17) is 4.74 Å². The molecule has 1 aliphatic rings. The summed E-state index contributed by atoms with van der Waals surface area (Å²) in [7, 11) is -1.58. The van der Waals surface area contributed by atoms with Crippen molar-refractivity contribution in [2.45, 2.75) is 26.7 Å². The van der Waals surface area contributed by atoms with Crippen LogP contribution in [0.1, 0.15) is 25.8 Å². The zero-order chi connectivity index (χ0) is 14.0. The topological polar surface area (TPSA) is 46.6 Å². The fourth-order valence-corrected chi connectivity index (χ4v) is 4.24. The molecular formula is C14H21NO3S. The Bertz CT molecular complexity index is 554. The lowest BCUT2D eigenvalue weighted by Gasteiger charge is -2.34. The second-order valence-electron chi connectivity index (χ2n) is 5.15. The lowest BCUT2D eigenvalue weighted by Crippen LogP contribution is -2.40. The second kappa shape index (κ2) is 5.41. The first-order valence-electron chi connectivity index (χ1n) is 6.65. The van der Waals surface area contributed by atoms with E-state index in [1.807, 2.05) is 25.1 Å². The molecule has 1 aromatic carbocycles. The maximum Gasteiger partial charge on any atom is 0.235 e. The summed E-state index contributed by atoms with van der Waals surface area (Å²) in [6.07, 6.45) is 1.53. The molecule has 0 spiro atoms. The van der Waals surface area contributed by atoms with Crippen LogP contribution in [0.2, 0.25) is 0 Å². The van der Waals surface area contributed by atoms with Gasteiger partial charge in [0.1, 0.15) is 5.75 Å². The van der Waals surface area contributed by atoms with Crippen molar-refractivity contribution in [2.24, 2.45) is 5.92 Å². The van der Waals surface area contributed by atoms with Gasteiger partial charge in [0.2, 0.25) is 10.0 Å². The number of hydrogen-bond donors (Lipinski definition) is 0. The number of nitrogens with zero attached hydrogens (tertiary/aromatic N) is 1. The molecule has 0 saturated carbocycles. The second-order valence-corrected chi connectivity index (χ2v) is 7.16. The van der Waals surface area contributed by atoms with Crippen LogP contribution in [0.25, 0.3) is 0 Å². The van der Waals surface area contributed by atoms with Gasteiger partial charge in [-0.15, -0.1) is 0 Å². The maximum absolute atomic E-state index is 12.3. The summed E-state index contributed by atoms with van der Waals surface area (Å²) < 4.78 is 31.5. The normalized spacial score (nSPS) is 19.1. The molecule has 0 radical (unpaired) electrons. The summed E-state index contributed by atoms with van der Waals surface area (Å²) in [5.74, 6) is 1.30. The van der Waals surface area contributed by atoms with E-state index >= 15 is 0 Å². The third kappa shape index (κ3) is 2.86. The van der Waals surface area contributed by atoms with E-state index in [0.717, 1.165) is 23.4 Å². The molecule has 0 amide bonds. The summed E-state index contributed by atoms with van der Waals surface area (Å²) in [6, 6.07) is 5.62. The SMILES string of the molecule is CCCS(=O)(=O)N1CC(C)Cc2cc(OC)ccc21. The van der Waals surface area contributed by atoms with Crippen LogP contribution >= 0.6 is 0 Å². The van der Waals surface area contributed by atoms with E-state index in [1.54, 1.807) is 11.4 Å². The summed E-state index contributed by atoms with van der Waals surface area (Å²) in [5.41, 5.74) is 1.87. The molecule has 0 saturated heterocycles. The summed E-state index contributed by atoms with van der Waals surface area (Å²) in [4.78, 5) is 0. The highest BCUT2D eigenvalue weighted by Crippen LogP contribution is 2.34. The van der Waals surface area contributed by atoms with Gasteiger partial charge >= 0.3 is 0 Å². The zero-order valence-electron chi connectivity index (χ0n) is 11.7. The number of rotatable bonds is 4. The van der Waals surface area contributed by atoms with Crippen LogP contribution in [-0.2, 0) is 16.4 Å². The van der Waals surface area contributed by atoms with Crippen LogP contribution in [0, 0.1) is 5.92 Å². The molecule has 0 aromatic heterocycles.